The average Bonchev–Trinajstić information content (AvgIpc) is 2.42. The van der Waals surface area contributed by atoms with E-state index in [9.17, 15) is 9.90 Å². The average molecular weight is 278 g/mol. The lowest BCUT2D eigenvalue weighted by atomic mass is 10.2. The summed E-state index contributed by atoms with van der Waals surface area (Å²) in [7, 11) is 0. The highest BCUT2D eigenvalue weighted by Crippen LogP contribution is 2.33. The summed E-state index contributed by atoms with van der Waals surface area (Å²) in [4.78, 5) is 11.8. The molecule has 0 fully saturated rings. The molecule has 108 valence electrons. The van der Waals surface area contributed by atoms with Gasteiger partial charge in [0.15, 0.2) is 5.75 Å². The first kappa shape index (κ1) is 14.2. The van der Waals surface area contributed by atoms with Crippen molar-refractivity contribution in [3.63, 3.8) is 0 Å². The topological polar surface area (TPSA) is 68.9 Å². The number of aromatic hydroxyl groups is 1. The molecule has 5 heteroatoms. The van der Waals surface area contributed by atoms with E-state index in [4.69, 9.17) is 13.9 Å². The molecule has 0 spiro atoms. The Balaban J connectivity index is 2.42. The van der Waals surface area contributed by atoms with Gasteiger partial charge < -0.3 is 19.0 Å². The first-order valence-corrected chi connectivity index (χ1v) is 6.72. The summed E-state index contributed by atoms with van der Waals surface area (Å²) in [5, 5.41) is 10.6. The molecule has 0 radical (unpaired) electrons. The highest BCUT2D eigenvalue weighted by Gasteiger charge is 2.15. The molecule has 5 nitrogen and oxygen atoms in total. The summed E-state index contributed by atoms with van der Waals surface area (Å²) in [6, 6.07) is 4.93. The van der Waals surface area contributed by atoms with Gasteiger partial charge in [-0.2, -0.15) is 0 Å². The summed E-state index contributed by atoms with van der Waals surface area (Å²) < 4.78 is 15.8. The van der Waals surface area contributed by atoms with Gasteiger partial charge in [-0.1, -0.05) is 13.3 Å². The third-order valence-electron chi connectivity index (χ3n) is 2.87. The van der Waals surface area contributed by atoms with Crippen LogP contribution < -0.4 is 15.1 Å². The van der Waals surface area contributed by atoms with E-state index < -0.39 is 5.63 Å². The number of benzene rings is 1. The monoisotopic (exact) mass is 278 g/mol. The van der Waals surface area contributed by atoms with Crippen LogP contribution >= 0.6 is 0 Å². The Bertz CT molecular complexity index is 644. The quantitative estimate of drug-likeness (QED) is 0.649. The van der Waals surface area contributed by atoms with Crippen molar-refractivity contribution in [3.05, 3.63) is 28.6 Å². The molecule has 1 N–H and O–H groups in total. The number of rotatable bonds is 6. The van der Waals surface area contributed by atoms with Gasteiger partial charge in [-0.15, -0.1) is 0 Å². The number of unbranched alkanes of at least 4 members (excludes halogenated alkanes) is 1. The van der Waals surface area contributed by atoms with Crippen LogP contribution in [0.25, 0.3) is 11.0 Å². The number of ether oxygens (including phenoxy) is 2. The van der Waals surface area contributed by atoms with Crippen LogP contribution in [0.1, 0.15) is 26.7 Å². The third kappa shape index (κ3) is 2.87. The molecule has 0 aliphatic rings. The van der Waals surface area contributed by atoms with Crippen molar-refractivity contribution in [1.82, 2.24) is 0 Å². The van der Waals surface area contributed by atoms with Gasteiger partial charge in [-0.25, -0.2) is 4.79 Å². The van der Waals surface area contributed by atoms with Crippen molar-refractivity contribution < 1.29 is 19.0 Å². The Kier molecular flexibility index (Phi) is 4.50. The molecule has 2 rings (SSSR count). The first-order valence-electron chi connectivity index (χ1n) is 6.72. The molecule has 1 aromatic carbocycles. The molecule has 20 heavy (non-hydrogen) atoms. The van der Waals surface area contributed by atoms with Crippen LogP contribution in [0, 0.1) is 0 Å². The van der Waals surface area contributed by atoms with E-state index in [1.54, 1.807) is 18.2 Å². The Morgan fingerprint density at radius 1 is 1.25 bits per heavy atom. The molecule has 0 aliphatic carbocycles. The van der Waals surface area contributed by atoms with Crippen LogP contribution in [0.2, 0.25) is 0 Å². The van der Waals surface area contributed by atoms with Gasteiger partial charge >= 0.3 is 5.63 Å². The molecule has 2 aromatic rings. The van der Waals surface area contributed by atoms with Crippen LogP contribution in [-0.2, 0) is 0 Å². The van der Waals surface area contributed by atoms with Crippen LogP contribution in [0.15, 0.2) is 27.4 Å². The van der Waals surface area contributed by atoms with E-state index in [2.05, 4.69) is 0 Å². The van der Waals surface area contributed by atoms with Crippen molar-refractivity contribution in [1.29, 1.82) is 0 Å². The predicted molar refractivity (Wildman–Crippen MR) is 75.7 cm³/mol. The van der Waals surface area contributed by atoms with E-state index >= 15 is 0 Å². The molecule has 0 amide bonds. The normalized spacial score (nSPS) is 10.7. The fourth-order valence-corrected chi connectivity index (χ4v) is 1.85. The smallest absolute Gasteiger partial charge is 0.383 e. The zero-order valence-corrected chi connectivity index (χ0v) is 11.6. The van der Waals surface area contributed by atoms with Crippen molar-refractivity contribution in [2.75, 3.05) is 13.2 Å². The minimum Gasteiger partial charge on any atom is -0.504 e. The molecule has 0 bridgehead atoms. The standard InChI is InChI=1S/C15H18O5/c1-3-5-8-19-14-13(16)11-7-6-10(18-4-2)9-12(11)20-15(14)17/h6-7,9,16H,3-5,8H2,1-2H3. The molecule has 0 unspecified atom stereocenters. The minimum absolute atomic E-state index is 0.130. The molecule has 1 heterocycles. The molecular formula is C15H18O5. The predicted octanol–water partition coefficient (Wildman–Crippen LogP) is 3.08. The Hall–Kier alpha value is -2.17. The zero-order chi connectivity index (χ0) is 14.5. The SMILES string of the molecule is CCCCOc1c(O)c2ccc(OCC)cc2oc1=O. The molecule has 1 aromatic heterocycles. The lowest BCUT2D eigenvalue weighted by Gasteiger charge is -2.09. The van der Waals surface area contributed by atoms with Gasteiger partial charge in [-0.05, 0) is 25.5 Å². The van der Waals surface area contributed by atoms with E-state index in [1.807, 2.05) is 13.8 Å². The summed E-state index contributed by atoms with van der Waals surface area (Å²) in [6.07, 6.45) is 1.75. The van der Waals surface area contributed by atoms with Crippen LogP contribution in [0.4, 0.5) is 0 Å². The van der Waals surface area contributed by atoms with Crippen molar-refractivity contribution >= 4 is 11.0 Å². The Morgan fingerprint density at radius 3 is 2.75 bits per heavy atom. The summed E-state index contributed by atoms with van der Waals surface area (Å²) in [5.74, 6) is 0.271. The fourth-order valence-electron chi connectivity index (χ4n) is 1.85. The van der Waals surface area contributed by atoms with Gasteiger partial charge in [-0.3, -0.25) is 0 Å². The maximum Gasteiger partial charge on any atom is 0.383 e. The van der Waals surface area contributed by atoms with E-state index in [1.165, 1.54) is 0 Å². The van der Waals surface area contributed by atoms with E-state index in [0.717, 1.165) is 12.8 Å². The third-order valence-corrected chi connectivity index (χ3v) is 2.87. The molecule has 0 atom stereocenters. The van der Waals surface area contributed by atoms with Crippen LogP contribution in [0.3, 0.4) is 0 Å². The second kappa shape index (κ2) is 6.32. The molecule has 0 aliphatic heterocycles. The van der Waals surface area contributed by atoms with Crippen LogP contribution in [-0.4, -0.2) is 18.3 Å². The summed E-state index contributed by atoms with van der Waals surface area (Å²) in [6.45, 7) is 4.77. The highest BCUT2D eigenvalue weighted by molar-refractivity contribution is 5.86. The Morgan fingerprint density at radius 2 is 2.05 bits per heavy atom. The second-order valence-corrected chi connectivity index (χ2v) is 4.36. The summed E-state index contributed by atoms with van der Waals surface area (Å²) in [5.41, 5.74) is -0.402. The summed E-state index contributed by atoms with van der Waals surface area (Å²) >= 11 is 0. The number of fused-ring (bicyclic) bond motifs is 1. The van der Waals surface area contributed by atoms with Gasteiger partial charge in [0.1, 0.15) is 11.3 Å². The van der Waals surface area contributed by atoms with Crippen molar-refractivity contribution in [2.45, 2.75) is 26.7 Å². The van der Waals surface area contributed by atoms with Gasteiger partial charge in [0.05, 0.1) is 18.6 Å². The number of hydrogen-bond acceptors (Lipinski definition) is 5. The lowest BCUT2D eigenvalue weighted by Crippen LogP contribution is -2.08. The van der Waals surface area contributed by atoms with Gasteiger partial charge in [0.25, 0.3) is 0 Å². The lowest BCUT2D eigenvalue weighted by molar-refractivity contribution is 0.279. The highest BCUT2D eigenvalue weighted by atomic mass is 16.5. The fraction of sp³-hybridized carbons (Fsp3) is 0.400. The maximum absolute atomic E-state index is 11.8. The van der Waals surface area contributed by atoms with Gasteiger partial charge in [0.2, 0.25) is 5.75 Å². The van der Waals surface area contributed by atoms with Gasteiger partial charge in [0, 0.05) is 6.07 Å². The first-order chi connectivity index (χ1) is 9.67. The van der Waals surface area contributed by atoms with Crippen LogP contribution in [0.5, 0.6) is 17.2 Å². The second-order valence-electron chi connectivity index (χ2n) is 4.36. The molecular weight excluding hydrogens is 260 g/mol. The van der Waals surface area contributed by atoms with E-state index in [0.29, 0.717) is 24.3 Å². The minimum atomic E-state index is -0.681. The maximum atomic E-state index is 11.8. The molecule has 0 saturated heterocycles. The van der Waals surface area contributed by atoms with E-state index in [-0.39, 0.29) is 17.1 Å². The van der Waals surface area contributed by atoms with Crippen molar-refractivity contribution in [3.8, 4) is 17.2 Å². The largest absolute Gasteiger partial charge is 0.504 e. The Labute approximate surface area is 116 Å². The zero-order valence-electron chi connectivity index (χ0n) is 11.6. The number of hydrogen-bond donors (Lipinski definition) is 1. The van der Waals surface area contributed by atoms with Crippen molar-refractivity contribution in [2.24, 2.45) is 0 Å². The molecule has 0 saturated carbocycles.